The van der Waals surface area contributed by atoms with Crippen molar-refractivity contribution in [3.8, 4) is 5.69 Å². The second kappa shape index (κ2) is 7.22. The van der Waals surface area contributed by atoms with E-state index in [1.807, 2.05) is 61.5 Å². The van der Waals surface area contributed by atoms with Crippen molar-refractivity contribution >= 4 is 27.6 Å². The number of benzene rings is 2. The summed E-state index contributed by atoms with van der Waals surface area (Å²) in [6.07, 6.45) is 0. The van der Waals surface area contributed by atoms with Crippen LogP contribution in [0.15, 0.2) is 59.1 Å². The largest absolute Gasteiger partial charge is 0.328 e. The van der Waals surface area contributed by atoms with Gasteiger partial charge in [0, 0.05) is 10.2 Å². The van der Waals surface area contributed by atoms with Crippen molar-refractivity contribution in [3.05, 3.63) is 64.9 Å². The molecule has 0 radical (unpaired) electrons. The van der Waals surface area contributed by atoms with Gasteiger partial charge >= 0.3 is 6.03 Å². The molecule has 2 N–H and O–H groups in total. The summed E-state index contributed by atoms with van der Waals surface area (Å²) in [7, 11) is 0. The molecule has 0 bridgehead atoms. The molecule has 8 heteroatoms. The van der Waals surface area contributed by atoms with Crippen LogP contribution in [0.4, 0.5) is 10.5 Å². The summed E-state index contributed by atoms with van der Waals surface area (Å²) in [6, 6.07) is 16.1. The van der Waals surface area contributed by atoms with Crippen LogP contribution in [0.2, 0.25) is 0 Å². The summed E-state index contributed by atoms with van der Waals surface area (Å²) in [4.78, 5) is 12.1. The van der Waals surface area contributed by atoms with Gasteiger partial charge in [0.05, 0.1) is 11.7 Å². The highest BCUT2D eigenvalue weighted by Gasteiger charge is 2.17. The van der Waals surface area contributed by atoms with E-state index in [0.29, 0.717) is 5.82 Å². The van der Waals surface area contributed by atoms with E-state index < -0.39 is 0 Å². The molecule has 7 nitrogen and oxygen atoms in total. The maximum absolute atomic E-state index is 12.1. The number of rotatable bonds is 4. The molecule has 2 amide bonds. The lowest BCUT2D eigenvalue weighted by molar-refractivity contribution is 0.248. The van der Waals surface area contributed by atoms with Crippen molar-refractivity contribution in [2.24, 2.45) is 0 Å². The smallest absolute Gasteiger partial charge is 0.319 e. The highest BCUT2D eigenvalue weighted by atomic mass is 79.9. The zero-order valence-electron chi connectivity index (χ0n) is 12.8. The lowest BCUT2D eigenvalue weighted by Gasteiger charge is -2.14. The van der Waals surface area contributed by atoms with Crippen LogP contribution in [0.1, 0.15) is 18.8 Å². The molecule has 0 spiro atoms. The van der Waals surface area contributed by atoms with Crippen LogP contribution in [-0.2, 0) is 0 Å². The summed E-state index contributed by atoms with van der Waals surface area (Å²) < 4.78 is 2.56. The average Bonchev–Trinajstić information content (AvgIpc) is 3.06. The first kappa shape index (κ1) is 16.1. The Hall–Kier alpha value is -2.74. The monoisotopic (exact) mass is 386 g/mol. The predicted molar refractivity (Wildman–Crippen MR) is 93.9 cm³/mol. The summed E-state index contributed by atoms with van der Waals surface area (Å²) in [5, 5.41) is 17.3. The molecule has 0 saturated carbocycles. The third kappa shape index (κ3) is 3.77. The Balaban J connectivity index is 1.72. The van der Waals surface area contributed by atoms with Gasteiger partial charge in [0.2, 0.25) is 0 Å². The van der Waals surface area contributed by atoms with Gasteiger partial charge in [-0.3, -0.25) is 0 Å². The van der Waals surface area contributed by atoms with Crippen molar-refractivity contribution in [2.75, 3.05) is 5.32 Å². The van der Waals surface area contributed by atoms with E-state index in [9.17, 15) is 4.79 Å². The Morgan fingerprint density at radius 2 is 1.83 bits per heavy atom. The number of aromatic nitrogens is 4. The van der Waals surface area contributed by atoms with Gasteiger partial charge in [0.1, 0.15) is 0 Å². The van der Waals surface area contributed by atoms with Crippen molar-refractivity contribution in [1.82, 2.24) is 25.5 Å². The number of hydrogen-bond acceptors (Lipinski definition) is 4. The molecule has 122 valence electrons. The van der Waals surface area contributed by atoms with Gasteiger partial charge in [0.25, 0.3) is 0 Å². The number of tetrazole rings is 1. The van der Waals surface area contributed by atoms with Crippen molar-refractivity contribution in [2.45, 2.75) is 13.0 Å². The molecule has 0 fully saturated rings. The lowest BCUT2D eigenvalue weighted by Crippen LogP contribution is -2.32. The highest BCUT2D eigenvalue weighted by molar-refractivity contribution is 9.10. The van der Waals surface area contributed by atoms with Gasteiger partial charge in [-0.1, -0.05) is 34.1 Å². The summed E-state index contributed by atoms with van der Waals surface area (Å²) in [5.74, 6) is 0.542. The third-order valence-corrected chi connectivity index (χ3v) is 3.86. The molecule has 3 rings (SSSR count). The molecule has 0 saturated heterocycles. The minimum absolute atomic E-state index is 0.320. The van der Waals surface area contributed by atoms with E-state index in [4.69, 9.17) is 0 Å². The summed E-state index contributed by atoms with van der Waals surface area (Å²) >= 11 is 3.39. The van der Waals surface area contributed by atoms with Crippen molar-refractivity contribution < 1.29 is 4.79 Å². The number of para-hydroxylation sites is 1. The third-order valence-electron chi connectivity index (χ3n) is 3.33. The fourth-order valence-electron chi connectivity index (χ4n) is 2.18. The Kier molecular flexibility index (Phi) is 4.85. The topological polar surface area (TPSA) is 84.7 Å². The molecule has 1 unspecified atom stereocenters. The first-order valence-corrected chi connectivity index (χ1v) is 8.09. The first-order valence-electron chi connectivity index (χ1n) is 7.30. The molecule has 1 heterocycles. The number of nitrogens with one attached hydrogen (secondary N) is 2. The predicted octanol–water partition coefficient (Wildman–Crippen LogP) is 3.31. The van der Waals surface area contributed by atoms with Gasteiger partial charge in [-0.25, -0.2) is 4.79 Å². The normalized spacial score (nSPS) is 11.8. The fraction of sp³-hybridized carbons (Fsp3) is 0.125. The minimum atomic E-state index is -0.368. The second-order valence-corrected chi connectivity index (χ2v) is 6.03. The van der Waals surface area contributed by atoms with Crippen LogP contribution in [0.25, 0.3) is 5.69 Å². The Labute approximate surface area is 147 Å². The van der Waals surface area contributed by atoms with Crippen LogP contribution in [0, 0.1) is 0 Å². The Bertz CT molecular complexity index is 818. The van der Waals surface area contributed by atoms with Gasteiger partial charge in [-0.2, -0.15) is 4.68 Å². The van der Waals surface area contributed by atoms with Crippen LogP contribution in [0.5, 0.6) is 0 Å². The van der Waals surface area contributed by atoms with Crippen molar-refractivity contribution in [1.29, 1.82) is 0 Å². The number of halogens is 1. The van der Waals surface area contributed by atoms with Gasteiger partial charge in [-0.05, 0) is 53.7 Å². The van der Waals surface area contributed by atoms with Crippen LogP contribution < -0.4 is 10.6 Å². The standard InChI is InChI=1S/C16H15BrN6O/c1-11(18-16(24)19-13-5-3-2-4-6-13)15-20-21-22-23(15)14-9-7-12(17)8-10-14/h2-11H,1H3,(H2,18,19,24). The molecule has 0 aliphatic carbocycles. The molecule has 24 heavy (non-hydrogen) atoms. The van der Waals surface area contributed by atoms with E-state index in [0.717, 1.165) is 15.8 Å². The fourth-order valence-corrected chi connectivity index (χ4v) is 2.44. The molecule has 2 aromatic carbocycles. The first-order chi connectivity index (χ1) is 11.6. The van der Waals surface area contributed by atoms with Gasteiger partial charge in [-0.15, -0.1) is 5.10 Å². The van der Waals surface area contributed by atoms with Gasteiger partial charge < -0.3 is 10.6 Å². The number of hydrogen-bond donors (Lipinski definition) is 2. The molecular weight excluding hydrogens is 372 g/mol. The van der Waals surface area contributed by atoms with E-state index >= 15 is 0 Å². The van der Waals surface area contributed by atoms with Crippen LogP contribution in [0.3, 0.4) is 0 Å². The number of amides is 2. The van der Waals surface area contributed by atoms with E-state index in [1.54, 1.807) is 4.68 Å². The Morgan fingerprint density at radius 1 is 1.12 bits per heavy atom. The number of carbonyl (C=O) groups excluding carboxylic acids is 1. The maximum Gasteiger partial charge on any atom is 0.319 e. The molecule has 1 atom stereocenters. The molecule has 0 aliphatic heterocycles. The molecule has 0 aliphatic rings. The summed E-state index contributed by atoms with van der Waals surface area (Å²) in [6.45, 7) is 1.83. The zero-order valence-corrected chi connectivity index (χ0v) is 14.4. The average molecular weight is 387 g/mol. The Morgan fingerprint density at radius 3 is 2.54 bits per heavy atom. The summed E-state index contributed by atoms with van der Waals surface area (Å²) in [5.41, 5.74) is 1.53. The number of urea groups is 1. The number of anilines is 1. The van der Waals surface area contributed by atoms with Gasteiger partial charge in [0.15, 0.2) is 5.82 Å². The van der Waals surface area contributed by atoms with E-state index in [-0.39, 0.29) is 12.1 Å². The van der Waals surface area contributed by atoms with E-state index in [2.05, 4.69) is 42.1 Å². The number of nitrogens with zero attached hydrogens (tertiary/aromatic N) is 4. The van der Waals surface area contributed by atoms with E-state index in [1.165, 1.54) is 0 Å². The van der Waals surface area contributed by atoms with Crippen molar-refractivity contribution in [3.63, 3.8) is 0 Å². The lowest BCUT2D eigenvalue weighted by atomic mass is 10.3. The highest BCUT2D eigenvalue weighted by Crippen LogP contribution is 2.17. The quantitative estimate of drug-likeness (QED) is 0.720. The molecular formula is C16H15BrN6O. The molecule has 3 aromatic rings. The molecule has 1 aromatic heterocycles. The second-order valence-electron chi connectivity index (χ2n) is 5.11. The zero-order chi connectivity index (χ0) is 16.9. The maximum atomic E-state index is 12.1. The van der Waals surface area contributed by atoms with Crippen LogP contribution >= 0.6 is 15.9 Å². The minimum Gasteiger partial charge on any atom is -0.328 e. The SMILES string of the molecule is CC(NC(=O)Nc1ccccc1)c1nnnn1-c1ccc(Br)cc1. The number of carbonyl (C=O) groups is 1. The van der Waals surface area contributed by atoms with Crippen LogP contribution in [-0.4, -0.2) is 26.2 Å².